The molecule has 0 atom stereocenters. The molecule has 1 aromatic rings. The first-order valence-corrected chi connectivity index (χ1v) is 8.10. The highest BCUT2D eigenvalue weighted by Gasteiger charge is 2.42. The largest absolute Gasteiger partial charge is 0.396 e. The van der Waals surface area contributed by atoms with Crippen molar-refractivity contribution in [3.05, 3.63) is 27.7 Å². The summed E-state index contributed by atoms with van der Waals surface area (Å²) in [4.78, 5) is 0.0434. The molecule has 2 N–H and O–H groups in total. The van der Waals surface area contributed by atoms with Gasteiger partial charge in [-0.05, 0) is 37.5 Å². The van der Waals surface area contributed by atoms with E-state index in [4.69, 9.17) is 23.2 Å². The fourth-order valence-electron chi connectivity index (χ4n) is 1.68. The molecule has 1 saturated carbocycles. The third-order valence-electron chi connectivity index (χ3n) is 3.49. The summed E-state index contributed by atoms with van der Waals surface area (Å²) in [7, 11) is -3.66. The second kappa shape index (κ2) is 5.22. The van der Waals surface area contributed by atoms with Gasteiger partial charge in [0.1, 0.15) is 0 Å². The van der Waals surface area contributed by atoms with Crippen LogP contribution < -0.4 is 4.72 Å². The molecule has 1 aromatic carbocycles. The third-order valence-corrected chi connectivity index (χ3v) is 5.66. The van der Waals surface area contributed by atoms with Crippen LogP contribution in [0.2, 0.25) is 10.0 Å². The van der Waals surface area contributed by atoms with Crippen molar-refractivity contribution in [1.29, 1.82) is 0 Å². The Morgan fingerprint density at radius 1 is 1.32 bits per heavy atom. The zero-order chi connectivity index (χ0) is 14.3. The van der Waals surface area contributed by atoms with Crippen LogP contribution in [-0.2, 0) is 10.0 Å². The number of rotatable bonds is 5. The van der Waals surface area contributed by atoms with E-state index in [1.165, 1.54) is 12.1 Å². The summed E-state index contributed by atoms with van der Waals surface area (Å²) in [5.74, 6) is 0. The van der Waals surface area contributed by atoms with Crippen LogP contribution in [0.5, 0.6) is 0 Å². The Labute approximate surface area is 122 Å². The van der Waals surface area contributed by atoms with E-state index in [-0.39, 0.29) is 23.5 Å². The molecule has 0 saturated heterocycles. The Kier molecular flexibility index (Phi) is 4.14. The molecule has 0 aromatic heterocycles. The Balaban J connectivity index is 2.20. The van der Waals surface area contributed by atoms with E-state index in [9.17, 15) is 13.5 Å². The standard InChI is InChI=1S/C12H15Cl2NO3S/c1-8-10(13)4-9(5-11(8)14)19(17,18)15-6-12(7-16)2-3-12/h4-5,15-16H,2-3,6-7H2,1H3. The van der Waals surface area contributed by atoms with Gasteiger partial charge in [-0.2, -0.15) is 0 Å². The molecule has 4 nitrogen and oxygen atoms in total. The van der Waals surface area contributed by atoms with Crippen LogP contribution in [0.3, 0.4) is 0 Å². The molecular weight excluding hydrogens is 309 g/mol. The minimum absolute atomic E-state index is 0.00900. The van der Waals surface area contributed by atoms with Gasteiger partial charge in [-0.25, -0.2) is 13.1 Å². The maximum absolute atomic E-state index is 12.1. The molecule has 19 heavy (non-hydrogen) atoms. The molecular formula is C12H15Cl2NO3S. The lowest BCUT2D eigenvalue weighted by molar-refractivity contribution is 0.213. The van der Waals surface area contributed by atoms with Gasteiger partial charge >= 0.3 is 0 Å². The van der Waals surface area contributed by atoms with Gasteiger partial charge in [-0.3, -0.25) is 0 Å². The van der Waals surface area contributed by atoms with Gasteiger partial charge in [-0.1, -0.05) is 23.2 Å². The van der Waals surface area contributed by atoms with Crippen molar-refractivity contribution in [3.63, 3.8) is 0 Å². The maximum Gasteiger partial charge on any atom is 0.240 e. The van der Waals surface area contributed by atoms with Gasteiger partial charge in [0, 0.05) is 28.6 Å². The number of hydrogen-bond donors (Lipinski definition) is 2. The van der Waals surface area contributed by atoms with Gasteiger partial charge in [0.2, 0.25) is 10.0 Å². The lowest BCUT2D eigenvalue weighted by Gasteiger charge is -2.14. The number of benzene rings is 1. The van der Waals surface area contributed by atoms with Crippen molar-refractivity contribution in [2.45, 2.75) is 24.7 Å². The van der Waals surface area contributed by atoms with Gasteiger partial charge < -0.3 is 5.11 Å². The monoisotopic (exact) mass is 323 g/mol. The number of aliphatic hydroxyl groups is 1. The van der Waals surface area contributed by atoms with Crippen LogP contribution in [0.1, 0.15) is 18.4 Å². The summed E-state index contributed by atoms with van der Waals surface area (Å²) in [6.07, 6.45) is 1.67. The molecule has 0 unspecified atom stereocenters. The molecule has 0 amide bonds. The van der Waals surface area contributed by atoms with Crippen molar-refractivity contribution in [2.24, 2.45) is 5.41 Å². The van der Waals surface area contributed by atoms with E-state index in [0.29, 0.717) is 15.6 Å². The lowest BCUT2D eigenvalue weighted by atomic mass is 10.1. The predicted octanol–water partition coefficient (Wildman–Crippen LogP) is 2.35. The summed E-state index contributed by atoms with van der Waals surface area (Å²) in [5.41, 5.74) is 0.363. The number of aliphatic hydroxyl groups excluding tert-OH is 1. The van der Waals surface area contributed by atoms with Crippen LogP contribution in [0.4, 0.5) is 0 Å². The quantitative estimate of drug-likeness (QED) is 0.874. The average Bonchev–Trinajstić information content (AvgIpc) is 3.14. The van der Waals surface area contributed by atoms with Crippen LogP contribution in [0.15, 0.2) is 17.0 Å². The van der Waals surface area contributed by atoms with Crippen LogP contribution in [0, 0.1) is 12.3 Å². The molecule has 0 bridgehead atoms. The normalized spacial score (nSPS) is 17.5. The fourth-order valence-corrected chi connectivity index (χ4v) is 3.50. The highest BCUT2D eigenvalue weighted by Crippen LogP contribution is 2.44. The summed E-state index contributed by atoms with van der Waals surface area (Å²) in [6, 6.07) is 2.76. The van der Waals surface area contributed by atoms with E-state index in [1.54, 1.807) is 6.92 Å². The molecule has 1 fully saturated rings. The van der Waals surface area contributed by atoms with E-state index < -0.39 is 10.0 Å². The van der Waals surface area contributed by atoms with Crippen molar-refractivity contribution < 1.29 is 13.5 Å². The van der Waals surface area contributed by atoms with Crippen LogP contribution >= 0.6 is 23.2 Å². The maximum atomic E-state index is 12.1. The summed E-state index contributed by atoms with van der Waals surface area (Å²) < 4.78 is 26.8. The van der Waals surface area contributed by atoms with Crippen molar-refractivity contribution >= 4 is 33.2 Å². The molecule has 0 aliphatic heterocycles. The molecule has 7 heteroatoms. The van der Waals surface area contributed by atoms with E-state index >= 15 is 0 Å². The van der Waals surface area contributed by atoms with Crippen LogP contribution in [-0.4, -0.2) is 26.7 Å². The molecule has 0 heterocycles. The molecule has 2 rings (SSSR count). The minimum Gasteiger partial charge on any atom is -0.396 e. The second-order valence-electron chi connectivity index (χ2n) is 4.99. The first-order valence-electron chi connectivity index (χ1n) is 5.86. The third kappa shape index (κ3) is 3.23. The Morgan fingerprint density at radius 2 is 1.84 bits per heavy atom. The average molecular weight is 324 g/mol. The van der Waals surface area contributed by atoms with Crippen molar-refractivity contribution in [2.75, 3.05) is 13.2 Å². The summed E-state index contributed by atoms with van der Waals surface area (Å²) in [6.45, 7) is 1.94. The summed E-state index contributed by atoms with van der Waals surface area (Å²) in [5, 5.41) is 9.80. The van der Waals surface area contributed by atoms with Gasteiger partial charge in [0.25, 0.3) is 0 Å². The van der Waals surface area contributed by atoms with Gasteiger partial charge in [0.15, 0.2) is 0 Å². The topological polar surface area (TPSA) is 66.4 Å². The predicted molar refractivity (Wildman–Crippen MR) is 75.1 cm³/mol. The van der Waals surface area contributed by atoms with Gasteiger partial charge in [-0.15, -0.1) is 0 Å². The molecule has 1 aliphatic rings. The highest BCUT2D eigenvalue weighted by molar-refractivity contribution is 7.89. The fraction of sp³-hybridized carbons (Fsp3) is 0.500. The Bertz CT molecular complexity index is 574. The minimum atomic E-state index is -3.66. The number of sulfonamides is 1. The van der Waals surface area contributed by atoms with E-state index in [0.717, 1.165) is 12.8 Å². The SMILES string of the molecule is Cc1c(Cl)cc(S(=O)(=O)NCC2(CO)CC2)cc1Cl. The molecule has 0 spiro atoms. The number of halogens is 2. The number of nitrogens with one attached hydrogen (secondary N) is 1. The lowest BCUT2D eigenvalue weighted by Crippen LogP contribution is -2.32. The zero-order valence-electron chi connectivity index (χ0n) is 10.4. The van der Waals surface area contributed by atoms with Crippen molar-refractivity contribution in [3.8, 4) is 0 Å². The Morgan fingerprint density at radius 3 is 2.26 bits per heavy atom. The van der Waals surface area contributed by atoms with Crippen molar-refractivity contribution in [1.82, 2.24) is 4.72 Å². The zero-order valence-corrected chi connectivity index (χ0v) is 12.7. The molecule has 1 aliphatic carbocycles. The van der Waals surface area contributed by atoms with Gasteiger partial charge in [0.05, 0.1) is 4.90 Å². The first-order chi connectivity index (χ1) is 8.80. The van der Waals surface area contributed by atoms with E-state index in [1.807, 2.05) is 0 Å². The van der Waals surface area contributed by atoms with Crippen LogP contribution in [0.25, 0.3) is 0 Å². The number of hydrogen-bond acceptors (Lipinski definition) is 3. The summed E-state index contributed by atoms with van der Waals surface area (Å²) >= 11 is 11.9. The van der Waals surface area contributed by atoms with E-state index in [2.05, 4.69) is 4.72 Å². The molecule has 106 valence electrons. The smallest absolute Gasteiger partial charge is 0.240 e. The second-order valence-corrected chi connectivity index (χ2v) is 7.58. The highest BCUT2D eigenvalue weighted by atomic mass is 35.5. The first kappa shape index (κ1) is 15.1. The Hall–Kier alpha value is -0.330. The molecule has 0 radical (unpaired) electrons.